The zero-order valence-corrected chi connectivity index (χ0v) is 23.8. The van der Waals surface area contributed by atoms with Crippen LogP contribution in [0.4, 0.5) is 26.3 Å². The second-order valence-electron chi connectivity index (χ2n) is 10.9. The number of esters is 2. The Morgan fingerprint density at radius 3 is 1.42 bits per heavy atom. The van der Waals surface area contributed by atoms with Crippen molar-refractivity contribution in [3.8, 4) is 0 Å². The van der Waals surface area contributed by atoms with Gasteiger partial charge in [0.25, 0.3) is 0 Å². The second-order valence-corrected chi connectivity index (χ2v) is 10.9. The average Bonchev–Trinajstić information content (AvgIpc) is 2.78. The third-order valence-corrected chi connectivity index (χ3v) is 5.90. The summed E-state index contributed by atoms with van der Waals surface area (Å²) < 4.78 is 85.9. The van der Waals surface area contributed by atoms with Crippen molar-refractivity contribution in [2.75, 3.05) is 13.2 Å². The molecule has 0 aliphatic rings. The maximum absolute atomic E-state index is 12.7. The number of carbonyl (C=O) groups is 2. The Bertz CT molecular complexity index is 666. The van der Waals surface area contributed by atoms with Crippen LogP contribution in [0.3, 0.4) is 0 Å². The van der Waals surface area contributed by atoms with Crippen molar-refractivity contribution in [1.82, 2.24) is 0 Å². The van der Waals surface area contributed by atoms with Crippen molar-refractivity contribution in [3.63, 3.8) is 0 Å². The summed E-state index contributed by atoms with van der Waals surface area (Å²) in [5, 5.41) is 0. The molecule has 0 heterocycles. The highest BCUT2D eigenvalue weighted by Gasteiger charge is 2.47. The van der Waals surface area contributed by atoms with E-state index in [9.17, 15) is 35.9 Å². The normalized spacial score (nSPS) is 16.4. The Hall–Kier alpha value is -1.56. The van der Waals surface area contributed by atoms with E-state index in [1.165, 1.54) is 0 Å². The highest BCUT2D eigenvalue weighted by Crippen LogP contribution is 2.33. The van der Waals surface area contributed by atoms with E-state index in [0.717, 1.165) is 12.8 Å². The van der Waals surface area contributed by atoms with Gasteiger partial charge in [0.2, 0.25) is 0 Å². The summed E-state index contributed by atoms with van der Waals surface area (Å²) in [6.07, 6.45) is -5.44. The SMILES string of the molecule is CCCCOC(=O)[C@@H](CC(C)(C)C)[C@H](N)C(F)(F)F.CCCCOC(=O)[C@@H](CC(C)CC)[C@H](N)C(F)(F)F. The summed E-state index contributed by atoms with van der Waals surface area (Å²) >= 11 is 0. The Kier molecular flexibility index (Phi) is 18.2. The van der Waals surface area contributed by atoms with Gasteiger partial charge in [-0.3, -0.25) is 9.59 Å². The van der Waals surface area contributed by atoms with Crippen molar-refractivity contribution < 1.29 is 45.4 Å². The second kappa shape index (κ2) is 17.9. The first-order chi connectivity index (χ1) is 17.2. The van der Waals surface area contributed by atoms with Gasteiger partial charge in [0, 0.05) is 0 Å². The monoisotopic (exact) mass is 566 g/mol. The van der Waals surface area contributed by atoms with Gasteiger partial charge < -0.3 is 20.9 Å². The summed E-state index contributed by atoms with van der Waals surface area (Å²) in [7, 11) is 0. The topological polar surface area (TPSA) is 105 Å². The fraction of sp³-hybridized carbons (Fsp3) is 0.923. The molecule has 0 bridgehead atoms. The lowest BCUT2D eigenvalue weighted by Gasteiger charge is -2.29. The Labute approximate surface area is 223 Å². The number of alkyl halides is 6. The van der Waals surface area contributed by atoms with E-state index in [-0.39, 0.29) is 32.0 Å². The summed E-state index contributed by atoms with van der Waals surface area (Å²) in [5.74, 6) is -4.35. The molecule has 6 nitrogen and oxygen atoms in total. The third kappa shape index (κ3) is 17.1. The quantitative estimate of drug-likeness (QED) is 0.141. The molecule has 0 fully saturated rings. The summed E-state index contributed by atoms with van der Waals surface area (Å²) in [4.78, 5) is 23.5. The molecule has 0 spiro atoms. The van der Waals surface area contributed by atoms with Crippen molar-refractivity contribution >= 4 is 11.9 Å². The lowest BCUT2D eigenvalue weighted by Crippen LogP contribution is -2.48. The molecule has 0 aliphatic heterocycles. The molecular formula is C26H48F6N2O4. The van der Waals surface area contributed by atoms with Gasteiger partial charge in [-0.15, -0.1) is 0 Å². The molecular weight excluding hydrogens is 518 g/mol. The van der Waals surface area contributed by atoms with Gasteiger partial charge in [-0.25, -0.2) is 0 Å². The molecule has 0 aromatic rings. The molecule has 4 N–H and O–H groups in total. The van der Waals surface area contributed by atoms with Crippen LogP contribution in [0.15, 0.2) is 0 Å². The van der Waals surface area contributed by atoms with Crippen LogP contribution in [-0.4, -0.2) is 49.6 Å². The van der Waals surface area contributed by atoms with E-state index in [4.69, 9.17) is 20.9 Å². The van der Waals surface area contributed by atoms with Crippen molar-refractivity contribution in [2.45, 2.75) is 118 Å². The van der Waals surface area contributed by atoms with Crippen LogP contribution >= 0.6 is 0 Å². The standard InChI is InChI=1S/2C13H24F3NO2/c1-5-6-7-19-11(18)9(8-12(2,3)4)10(17)13(14,15)16;1-4-6-7-19-12(18)10(8-9(3)5-2)11(17)13(14,15)16/h9-10H,5-8,17H2,1-4H3;9-11H,4-8,17H2,1-3H3/t9-,10-;9?,10-,11-/m00/s1. The van der Waals surface area contributed by atoms with E-state index in [2.05, 4.69) is 0 Å². The number of hydrogen-bond donors (Lipinski definition) is 2. The Morgan fingerprint density at radius 2 is 1.11 bits per heavy atom. The highest BCUT2D eigenvalue weighted by molar-refractivity contribution is 5.74. The van der Waals surface area contributed by atoms with E-state index in [0.29, 0.717) is 19.3 Å². The fourth-order valence-electron chi connectivity index (χ4n) is 3.31. The molecule has 0 amide bonds. The molecule has 0 aliphatic carbocycles. The van der Waals surface area contributed by atoms with E-state index >= 15 is 0 Å². The first-order valence-corrected chi connectivity index (χ1v) is 13.2. The zero-order valence-electron chi connectivity index (χ0n) is 23.8. The molecule has 0 aromatic heterocycles. The number of unbranched alkanes of at least 4 members (excludes halogenated alkanes) is 2. The number of nitrogens with two attached hydrogens (primary N) is 2. The molecule has 0 rings (SSSR count). The van der Waals surface area contributed by atoms with Gasteiger partial charge in [-0.2, -0.15) is 26.3 Å². The average molecular weight is 567 g/mol. The van der Waals surface area contributed by atoms with Crippen LogP contribution in [-0.2, 0) is 19.1 Å². The largest absolute Gasteiger partial charge is 0.465 e. The Morgan fingerprint density at radius 1 is 0.737 bits per heavy atom. The van der Waals surface area contributed by atoms with Crippen LogP contribution in [0, 0.1) is 23.2 Å². The van der Waals surface area contributed by atoms with Crippen molar-refractivity contribution in [3.05, 3.63) is 0 Å². The van der Waals surface area contributed by atoms with Crippen LogP contribution < -0.4 is 11.5 Å². The first-order valence-electron chi connectivity index (χ1n) is 13.2. The van der Waals surface area contributed by atoms with Crippen LogP contribution in [0.2, 0.25) is 0 Å². The molecule has 0 saturated carbocycles. The van der Waals surface area contributed by atoms with Gasteiger partial charge in [0.15, 0.2) is 0 Å². The van der Waals surface area contributed by atoms with E-state index in [1.807, 2.05) is 20.8 Å². The molecule has 0 radical (unpaired) electrons. The summed E-state index contributed by atoms with van der Waals surface area (Å²) in [5.41, 5.74) is 9.93. The van der Waals surface area contributed by atoms with Crippen LogP contribution in [0.1, 0.15) is 93.4 Å². The predicted octanol–water partition coefficient (Wildman–Crippen LogP) is 6.54. The van der Waals surface area contributed by atoms with Crippen LogP contribution in [0.25, 0.3) is 0 Å². The molecule has 0 saturated heterocycles. The fourth-order valence-corrected chi connectivity index (χ4v) is 3.31. The number of rotatable bonds is 14. The number of halogens is 6. The lowest BCUT2D eigenvalue weighted by molar-refractivity contribution is -0.178. The van der Waals surface area contributed by atoms with Crippen molar-refractivity contribution in [2.24, 2.45) is 34.6 Å². The lowest BCUT2D eigenvalue weighted by atomic mass is 9.81. The minimum Gasteiger partial charge on any atom is -0.465 e. The van der Waals surface area contributed by atoms with Gasteiger partial charge in [-0.05, 0) is 37.0 Å². The van der Waals surface area contributed by atoms with E-state index in [1.54, 1.807) is 27.7 Å². The molecule has 12 heteroatoms. The molecule has 0 aromatic carbocycles. The van der Waals surface area contributed by atoms with Gasteiger partial charge >= 0.3 is 24.3 Å². The molecule has 5 atom stereocenters. The maximum Gasteiger partial charge on any atom is 0.404 e. The van der Waals surface area contributed by atoms with E-state index < -0.39 is 53.6 Å². The van der Waals surface area contributed by atoms with Gasteiger partial charge in [-0.1, -0.05) is 67.7 Å². The van der Waals surface area contributed by atoms with Gasteiger partial charge in [0.1, 0.15) is 12.1 Å². The molecule has 1 unspecified atom stereocenters. The summed E-state index contributed by atoms with van der Waals surface area (Å²) in [6.45, 7) is 13.1. The Balaban J connectivity index is 0. The minimum atomic E-state index is -4.60. The van der Waals surface area contributed by atoms with Crippen molar-refractivity contribution in [1.29, 1.82) is 0 Å². The number of carbonyl (C=O) groups excluding carboxylic acids is 2. The predicted molar refractivity (Wildman–Crippen MR) is 135 cm³/mol. The van der Waals surface area contributed by atoms with Crippen LogP contribution in [0.5, 0.6) is 0 Å². The minimum absolute atomic E-state index is 0.00266. The first kappa shape index (κ1) is 38.6. The number of ether oxygens (including phenoxy) is 2. The maximum atomic E-state index is 12.7. The smallest absolute Gasteiger partial charge is 0.404 e. The number of hydrogen-bond acceptors (Lipinski definition) is 6. The molecule has 38 heavy (non-hydrogen) atoms. The van der Waals surface area contributed by atoms with Gasteiger partial charge in [0.05, 0.1) is 25.0 Å². The third-order valence-electron chi connectivity index (χ3n) is 5.90. The molecule has 228 valence electrons. The zero-order chi connectivity index (χ0) is 30.3. The summed E-state index contributed by atoms with van der Waals surface area (Å²) in [6, 6.07) is -4.34. The highest BCUT2D eigenvalue weighted by atomic mass is 19.4.